The second kappa shape index (κ2) is 13.7. The zero-order valence-electron chi connectivity index (χ0n) is 24.2. The van der Waals surface area contributed by atoms with Crippen LogP contribution in [0.4, 0.5) is 4.39 Å². The molecule has 3 N–H and O–H groups in total. The summed E-state index contributed by atoms with van der Waals surface area (Å²) >= 11 is 0. The second-order valence-electron chi connectivity index (χ2n) is 10.6. The van der Waals surface area contributed by atoms with Gasteiger partial charge in [0.1, 0.15) is 23.0 Å². The van der Waals surface area contributed by atoms with Crippen LogP contribution in [0, 0.1) is 5.82 Å². The topological polar surface area (TPSA) is 93.9 Å². The molecule has 222 valence electrons. The predicted molar refractivity (Wildman–Crippen MR) is 164 cm³/mol. The third-order valence-corrected chi connectivity index (χ3v) is 7.68. The van der Waals surface area contributed by atoms with Gasteiger partial charge < -0.3 is 20.5 Å². The molecule has 43 heavy (non-hydrogen) atoms. The number of ether oxygens (including phenoxy) is 2. The Morgan fingerprint density at radius 3 is 2.26 bits per heavy atom. The normalized spacial score (nSPS) is 15.0. The molecule has 0 aromatic heterocycles. The second-order valence-corrected chi connectivity index (χ2v) is 10.6. The Labute approximate surface area is 251 Å². The minimum Gasteiger partial charge on any atom is -0.462 e. The van der Waals surface area contributed by atoms with Crippen molar-refractivity contribution >= 4 is 11.8 Å². The maximum atomic E-state index is 13.7. The molecule has 0 radical (unpaired) electrons. The Morgan fingerprint density at radius 1 is 0.907 bits per heavy atom. The van der Waals surface area contributed by atoms with Gasteiger partial charge in [0.05, 0.1) is 12.2 Å². The van der Waals surface area contributed by atoms with E-state index in [1.807, 2.05) is 48.5 Å². The fourth-order valence-electron chi connectivity index (χ4n) is 5.32. The molecule has 0 aliphatic carbocycles. The van der Waals surface area contributed by atoms with Crippen molar-refractivity contribution in [3.05, 3.63) is 131 Å². The minimum atomic E-state index is -1.12. The number of Topliss-reactive ketones (excluding diaryl/α,β-unsaturated/α-hetero) is 1. The van der Waals surface area contributed by atoms with Crippen molar-refractivity contribution in [2.45, 2.75) is 25.4 Å². The summed E-state index contributed by atoms with van der Waals surface area (Å²) in [6, 6.07) is 28.2. The molecule has 0 bridgehead atoms. The van der Waals surface area contributed by atoms with Crippen LogP contribution in [-0.4, -0.2) is 49.4 Å². The summed E-state index contributed by atoms with van der Waals surface area (Å²) in [6.07, 6.45) is 0.549. The van der Waals surface area contributed by atoms with Crippen molar-refractivity contribution in [1.29, 1.82) is 0 Å². The van der Waals surface area contributed by atoms with Crippen molar-refractivity contribution in [2.75, 3.05) is 32.8 Å². The van der Waals surface area contributed by atoms with Crippen molar-refractivity contribution in [1.82, 2.24) is 10.2 Å². The maximum absolute atomic E-state index is 13.7. The number of ketones is 1. The first-order chi connectivity index (χ1) is 20.9. The van der Waals surface area contributed by atoms with Gasteiger partial charge in [-0.2, -0.15) is 0 Å². The third-order valence-electron chi connectivity index (χ3n) is 7.68. The number of nitrogens with zero attached hydrogens (tertiary/aromatic N) is 1. The molecule has 0 amide bonds. The van der Waals surface area contributed by atoms with Crippen LogP contribution in [0.2, 0.25) is 0 Å². The number of nitrogens with one attached hydrogen (secondary N) is 1. The van der Waals surface area contributed by atoms with Gasteiger partial charge in [0, 0.05) is 44.6 Å². The lowest BCUT2D eigenvalue weighted by atomic mass is 9.88. The summed E-state index contributed by atoms with van der Waals surface area (Å²) in [6.45, 7) is 4.85. The number of esters is 1. The van der Waals surface area contributed by atoms with Gasteiger partial charge in [-0.3, -0.25) is 9.69 Å². The van der Waals surface area contributed by atoms with E-state index in [9.17, 15) is 14.0 Å². The Morgan fingerprint density at radius 2 is 1.58 bits per heavy atom. The molecule has 1 unspecified atom stereocenters. The van der Waals surface area contributed by atoms with Crippen LogP contribution in [0.25, 0.3) is 0 Å². The number of piperazine rings is 1. The monoisotopic (exact) mass is 581 g/mol. The molecule has 1 aliphatic heterocycles. The zero-order chi connectivity index (χ0) is 30.2. The van der Waals surface area contributed by atoms with E-state index in [0.29, 0.717) is 42.1 Å². The van der Waals surface area contributed by atoms with E-state index >= 15 is 0 Å². The van der Waals surface area contributed by atoms with E-state index in [1.54, 1.807) is 43.3 Å². The summed E-state index contributed by atoms with van der Waals surface area (Å²) in [5.74, 6) is 0.426. The molecule has 1 aliphatic rings. The van der Waals surface area contributed by atoms with Gasteiger partial charge in [-0.05, 0) is 66.1 Å². The summed E-state index contributed by atoms with van der Waals surface area (Å²) in [5.41, 5.74) is 9.56. The lowest BCUT2D eigenvalue weighted by molar-refractivity contribution is 0.0524. The molecular weight excluding hydrogens is 545 g/mol. The average Bonchev–Trinajstić information content (AvgIpc) is 3.04. The summed E-state index contributed by atoms with van der Waals surface area (Å²) in [7, 11) is 0. The largest absolute Gasteiger partial charge is 0.462 e. The molecule has 5 rings (SSSR count). The van der Waals surface area contributed by atoms with Crippen molar-refractivity contribution in [2.24, 2.45) is 5.73 Å². The fourth-order valence-corrected chi connectivity index (χ4v) is 5.32. The summed E-state index contributed by atoms with van der Waals surface area (Å²) in [4.78, 5) is 27.9. The fraction of sp³-hybridized carbons (Fsp3) is 0.257. The van der Waals surface area contributed by atoms with Crippen molar-refractivity contribution < 1.29 is 23.5 Å². The Bertz CT molecular complexity index is 1540. The van der Waals surface area contributed by atoms with E-state index < -0.39 is 11.6 Å². The van der Waals surface area contributed by atoms with Gasteiger partial charge in [0.15, 0.2) is 5.78 Å². The number of hydrogen-bond acceptors (Lipinski definition) is 7. The van der Waals surface area contributed by atoms with Crippen molar-refractivity contribution in [3.8, 4) is 11.5 Å². The summed E-state index contributed by atoms with van der Waals surface area (Å²) in [5, 5.41) is 3.36. The Balaban J connectivity index is 1.49. The Kier molecular flexibility index (Phi) is 9.61. The number of para-hydroxylation sites is 1. The van der Waals surface area contributed by atoms with Gasteiger partial charge in [-0.15, -0.1) is 0 Å². The van der Waals surface area contributed by atoms with E-state index in [0.717, 1.165) is 29.8 Å². The number of carbonyl (C=O) groups is 2. The molecule has 1 atom stereocenters. The molecule has 1 saturated heterocycles. The average molecular weight is 582 g/mol. The number of halogens is 1. The first kappa shape index (κ1) is 30.1. The standard InChI is InChI=1S/C35H36FN3O4/c1-2-42-34(41)27-12-10-26(11-13-27)32(40)24-35(37,39-20-18-38-19-21-39)29-15-14-28(22-25-8-16-30(36)17-9-25)33(23-29)43-31-6-4-3-5-7-31/h3-17,23,38H,2,18-22,24,37H2,1H3. The van der Waals surface area contributed by atoms with Crippen LogP contribution in [0.5, 0.6) is 11.5 Å². The van der Waals surface area contributed by atoms with Gasteiger partial charge in [-0.25, -0.2) is 9.18 Å². The van der Waals surface area contributed by atoms with Crippen LogP contribution in [0.1, 0.15) is 50.8 Å². The molecule has 4 aromatic carbocycles. The minimum absolute atomic E-state index is 0.0217. The highest BCUT2D eigenvalue weighted by molar-refractivity contribution is 5.98. The van der Waals surface area contributed by atoms with Gasteiger partial charge in [0.2, 0.25) is 0 Å². The number of carbonyl (C=O) groups excluding carboxylic acids is 2. The first-order valence-corrected chi connectivity index (χ1v) is 14.5. The molecule has 0 spiro atoms. The summed E-state index contributed by atoms with van der Waals surface area (Å²) < 4.78 is 25.0. The zero-order valence-corrected chi connectivity index (χ0v) is 24.2. The molecule has 0 saturated carbocycles. The van der Waals surface area contributed by atoms with Crippen LogP contribution in [0.3, 0.4) is 0 Å². The number of hydrogen-bond donors (Lipinski definition) is 2. The number of rotatable bonds is 11. The first-order valence-electron chi connectivity index (χ1n) is 14.5. The SMILES string of the molecule is CCOC(=O)c1ccc(C(=O)CC(N)(c2ccc(Cc3ccc(F)cc3)c(Oc3ccccc3)c2)N2CCNCC2)cc1. The van der Waals surface area contributed by atoms with Gasteiger partial charge in [0.25, 0.3) is 0 Å². The van der Waals surface area contributed by atoms with Gasteiger partial charge >= 0.3 is 5.97 Å². The van der Waals surface area contributed by atoms with E-state index in [4.69, 9.17) is 15.2 Å². The molecule has 7 nitrogen and oxygen atoms in total. The molecule has 1 heterocycles. The predicted octanol–water partition coefficient (Wildman–Crippen LogP) is 5.68. The lowest BCUT2D eigenvalue weighted by Crippen LogP contribution is -2.60. The highest BCUT2D eigenvalue weighted by atomic mass is 19.1. The smallest absolute Gasteiger partial charge is 0.338 e. The van der Waals surface area contributed by atoms with E-state index in [-0.39, 0.29) is 24.6 Å². The highest BCUT2D eigenvalue weighted by Crippen LogP contribution is 2.35. The molecule has 4 aromatic rings. The van der Waals surface area contributed by atoms with E-state index in [2.05, 4.69) is 10.2 Å². The maximum Gasteiger partial charge on any atom is 0.338 e. The number of benzene rings is 4. The lowest BCUT2D eigenvalue weighted by Gasteiger charge is -2.43. The van der Waals surface area contributed by atoms with Crippen molar-refractivity contribution in [3.63, 3.8) is 0 Å². The molecular formula is C35H36FN3O4. The Hall–Kier alpha value is -4.37. The van der Waals surface area contributed by atoms with Crippen LogP contribution >= 0.6 is 0 Å². The number of nitrogens with two attached hydrogens (primary N) is 1. The highest BCUT2D eigenvalue weighted by Gasteiger charge is 2.38. The van der Waals surface area contributed by atoms with Gasteiger partial charge in [-0.1, -0.05) is 54.6 Å². The third kappa shape index (κ3) is 7.35. The quantitative estimate of drug-likeness (QED) is 0.174. The van der Waals surface area contributed by atoms with Crippen LogP contribution in [0.15, 0.2) is 97.1 Å². The molecule has 1 fully saturated rings. The molecule has 8 heteroatoms. The van der Waals surface area contributed by atoms with Crippen LogP contribution < -0.4 is 15.8 Å². The van der Waals surface area contributed by atoms with E-state index in [1.165, 1.54) is 12.1 Å². The van der Waals surface area contributed by atoms with Crippen LogP contribution in [-0.2, 0) is 16.8 Å².